The molecule has 0 aliphatic carbocycles. The highest BCUT2D eigenvalue weighted by Crippen LogP contribution is 2.36. The Labute approximate surface area is 161 Å². The quantitative estimate of drug-likeness (QED) is 0.538. The molecule has 0 saturated carbocycles. The molecule has 0 saturated heterocycles. The maximum absolute atomic E-state index is 12.9. The van der Waals surface area contributed by atoms with Gasteiger partial charge in [0.25, 0.3) is 0 Å². The average molecular weight is 415 g/mol. The standard InChI is InChI=1S/C16H11Cl2F3N6/c17-9-2-4-12(23-6-9)27-15-13(22)14(24-7-25-15)26-11-5-8(16(19,20)21)1-3-10(11)18/h1-7H,22H2,(H2,23,24,25,26,27). The summed E-state index contributed by atoms with van der Waals surface area (Å²) >= 11 is 11.8. The number of hydrogen-bond acceptors (Lipinski definition) is 6. The number of nitrogen functional groups attached to an aromatic ring is 1. The molecule has 0 radical (unpaired) electrons. The summed E-state index contributed by atoms with van der Waals surface area (Å²) in [6.07, 6.45) is -1.88. The number of benzene rings is 1. The summed E-state index contributed by atoms with van der Waals surface area (Å²) in [6, 6.07) is 6.13. The van der Waals surface area contributed by atoms with Crippen molar-refractivity contribution in [3.05, 3.63) is 58.5 Å². The third kappa shape index (κ3) is 4.50. The first kappa shape index (κ1) is 19.0. The minimum Gasteiger partial charge on any atom is -0.393 e. The molecule has 0 unspecified atom stereocenters. The van der Waals surface area contributed by atoms with Crippen LogP contribution in [0.1, 0.15) is 5.56 Å². The lowest BCUT2D eigenvalue weighted by atomic mass is 10.2. The predicted molar refractivity (Wildman–Crippen MR) is 98.7 cm³/mol. The zero-order valence-electron chi connectivity index (χ0n) is 13.4. The number of hydrogen-bond donors (Lipinski definition) is 3. The van der Waals surface area contributed by atoms with E-state index in [0.29, 0.717) is 10.8 Å². The zero-order valence-corrected chi connectivity index (χ0v) is 14.9. The van der Waals surface area contributed by atoms with Crippen LogP contribution in [0.3, 0.4) is 0 Å². The van der Waals surface area contributed by atoms with Crippen LogP contribution < -0.4 is 16.4 Å². The Kier molecular flexibility index (Phi) is 5.24. The Morgan fingerprint density at radius 2 is 1.63 bits per heavy atom. The first-order valence-corrected chi connectivity index (χ1v) is 8.12. The minimum absolute atomic E-state index is 0.00691. The summed E-state index contributed by atoms with van der Waals surface area (Å²) in [5, 5.41) is 6.11. The first-order chi connectivity index (χ1) is 12.7. The highest BCUT2D eigenvalue weighted by atomic mass is 35.5. The third-order valence-corrected chi connectivity index (χ3v) is 3.96. The van der Waals surface area contributed by atoms with Crippen molar-refractivity contribution in [2.75, 3.05) is 16.4 Å². The summed E-state index contributed by atoms with van der Waals surface area (Å²) in [7, 11) is 0. The normalized spacial score (nSPS) is 11.3. The van der Waals surface area contributed by atoms with E-state index in [1.54, 1.807) is 12.1 Å². The van der Waals surface area contributed by atoms with Crippen molar-refractivity contribution >= 4 is 52.0 Å². The van der Waals surface area contributed by atoms with Gasteiger partial charge >= 0.3 is 6.18 Å². The average Bonchev–Trinajstić information content (AvgIpc) is 2.61. The topological polar surface area (TPSA) is 88.8 Å². The molecule has 0 fully saturated rings. The largest absolute Gasteiger partial charge is 0.416 e. The third-order valence-electron chi connectivity index (χ3n) is 3.40. The maximum atomic E-state index is 12.9. The number of nitrogens with zero attached hydrogens (tertiary/aromatic N) is 3. The van der Waals surface area contributed by atoms with Gasteiger partial charge in [0.15, 0.2) is 11.6 Å². The van der Waals surface area contributed by atoms with Gasteiger partial charge in [0.2, 0.25) is 0 Å². The molecule has 1 aromatic carbocycles. The van der Waals surface area contributed by atoms with Gasteiger partial charge in [0.05, 0.1) is 21.3 Å². The lowest BCUT2D eigenvalue weighted by Crippen LogP contribution is -2.08. The van der Waals surface area contributed by atoms with Crippen LogP contribution >= 0.6 is 23.2 Å². The molecule has 0 spiro atoms. The first-order valence-electron chi connectivity index (χ1n) is 7.37. The molecule has 3 aromatic rings. The summed E-state index contributed by atoms with van der Waals surface area (Å²) in [4.78, 5) is 12.0. The lowest BCUT2D eigenvalue weighted by Gasteiger charge is -2.14. The Morgan fingerprint density at radius 1 is 0.926 bits per heavy atom. The molecule has 4 N–H and O–H groups in total. The second kappa shape index (κ2) is 7.45. The summed E-state index contributed by atoms with van der Waals surface area (Å²) in [5.74, 6) is 0.723. The Morgan fingerprint density at radius 3 is 2.26 bits per heavy atom. The highest BCUT2D eigenvalue weighted by molar-refractivity contribution is 6.33. The summed E-state index contributed by atoms with van der Waals surface area (Å²) < 4.78 is 38.7. The molecule has 27 heavy (non-hydrogen) atoms. The van der Waals surface area contributed by atoms with Crippen LogP contribution in [0.5, 0.6) is 0 Å². The number of alkyl halides is 3. The van der Waals surface area contributed by atoms with Crippen molar-refractivity contribution in [2.45, 2.75) is 6.18 Å². The number of anilines is 5. The van der Waals surface area contributed by atoms with Gasteiger partial charge in [0.1, 0.15) is 17.8 Å². The van der Waals surface area contributed by atoms with Crippen LogP contribution in [0, 0.1) is 0 Å². The number of halogens is 5. The number of rotatable bonds is 4. The fourth-order valence-corrected chi connectivity index (χ4v) is 2.37. The smallest absolute Gasteiger partial charge is 0.393 e. The van der Waals surface area contributed by atoms with Crippen LogP contribution in [0.25, 0.3) is 0 Å². The number of pyridine rings is 1. The van der Waals surface area contributed by atoms with Crippen LogP contribution in [-0.4, -0.2) is 15.0 Å². The van der Waals surface area contributed by atoms with Gasteiger partial charge in [-0.2, -0.15) is 13.2 Å². The summed E-state index contributed by atoms with van der Waals surface area (Å²) in [6.45, 7) is 0. The van der Waals surface area contributed by atoms with Crippen LogP contribution in [-0.2, 0) is 6.18 Å². The van der Waals surface area contributed by atoms with Crippen molar-refractivity contribution in [3.8, 4) is 0 Å². The van der Waals surface area contributed by atoms with E-state index in [0.717, 1.165) is 18.2 Å². The van der Waals surface area contributed by atoms with Gasteiger partial charge in [0, 0.05) is 6.20 Å². The molecule has 2 heterocycles. The molecule has 0 bridgehead atoms. The van der Waals surface area contributed by atoms with E-state index >= 15 is 0 Å². The van der Waals surface area contributed by atoms with Gasteiger partial charge in [-0.25, -0.2) is 15.0 Å². The second-order valence-electron chi connectivity index (χ2n) is 5.29. The molecule has 0 aliphatic rings. The van der Waals surface area contributed by atoms with Crippen LogP contribution in [0.4, 0.5) is 42.0 Å². The molecular formula is C16H11Cl2F3N6. The molecule has 2 aromatic heterocycles. The molecule has 6 nitrogen and oxygen atoms in total. The van der Waals surface area contributed by atoms with Gasteiger partial charge < -0.3 is 16.4 Å². The minimum atomic E-state index is -4.51. The number of nitrogens with one attached hydrogen (secondary N) is 2. The van der Waals surface area contributed by atoms with E-state index < -0.39 is 11.7 Å². The molecule has 0 amide bonds. The van der Waals surface area contributed by atoms with E-state index in [4.69, 9.17) is 28.9 Å². The van der Waals surface area contributed by atoms with E-state index in [1.165, 1.54) is 12.5 Å². The SMILES string of the molecule is Nc1c(Nc2ccc(Cl)cn2)ncnc1Nc1cc(C(F)(F)F)ccc1Cl. The van der Waals surface area contributed by atoms with Gasteiger partial charge in [-0.3, -0.25) is 0 Å². The van der Waals surface area contributed by atoms with E-state index in [-0.39, 0.29) is 28.0 Å². The molecule has 3 rings (SSSR count). The zero-order chi connectivity index (χ0) is 19.6. The molecular weight excluding hydrogens is 404 g/mol. The van der Waals surface area contributed by atoms with E-state index in [1.807, 2.05) is 0 Å². The molecule has 140 valence electrons. The summed E-state index contributed by atoms with van der Waals surface area (Å²) in [5.41, 5.74) is 5.24. The number of aromatic nitrogens is 3. The van der Waals surface area contributed by atoms with Crippen LogP contribution in [0.15, 0.2) is 42.9 Å². The van der Waals surface area contributed by atoms with E-state index in [9.17, 15) is 13.2 Å². The lowest BCUT2D eigenvalue weighted by molar-refractivity contribution is -0.137. The second-order valence-corrected chi connectivity index (χ2v) is 6.13. The monoisotopic (exact) mass is 414 g/mol. The van der Waals surface area contributed by atoms with Crippen molar-refractivity contribution in [1.82, 2.24) is 15.0 Å². The van der Waals surface area contributed by atoms with Gasteiger partial charge in [-0.05, 0) is 30.3 Å². The Bertz CT molecular complexity index is 963. The maximum Gasteiger partial charge on any atom is 0.416 e. The Balaban J connectivity index is 1.89. The van der Waals surface area contributed by atoms with Crippen molar-refractivity contribution in [3.63, 3.8) is 0 Å². The van der Waals surface area contributed by atoms with Gasteiger partial charge in [-0.1, -0.05) is 23.2 Å². The van der Waals surface area contributed by atoms with Crippen molar-refractivity contribution in [2.24, 2.45) is 0 Å². The molecule has 0 atom stereocenters. The predicted octanol–water partition coefficient (Wildman–Crippen LogP) is 5.27. The molecule has 0 aliphatic heterocycles. The van der Waals surface area contributed by atoms with Crippen molar-refractivity contribution in [1.29, 1.82) is 0 Å². The van der Waals surface area contributed by atoms with E-state index in [2.05, 4.69) is 25.6 Å². The van der Waals surface area contributed by atoms with Crippen LogP contribution in [0.2, 0.25) is 10.0 Å². The number of nitrogens with two attached hydrogens (primary N) is 1. The fourth-order valence-electron chi connectivity index (χ4n) is 2.09. The van der Waals surface area contributed by atoms with Gasteiger partial charge in [-0.15, -0.1) is 0 Å². The van der Waals surface area contributed by atoms with Crippen molar-refractivity contribution < 1.29 is 13.2 Å². The molecule has 11 heteroatoms. The highest BCUT2D eigenvalue weighted by Gasteiger charge is 2.31. The Hall–Kier alpha value is -2.78. The fraction of sp³-hybridized carbons (Fsp3) is 0.0625.